The Morgan fingerprint density at radius 2 is 1.85 bits per heavy atom. The molecule has 78 valence electrons. The van der Waals surface area contributed by atoms with E-state index in [-0.39, 0.29) is 17.5 Å². The van der Waals surface area contributed by atoms with Crippen LogP contribution in [0.15, 0.2) is 0 Å². The molecule has 1 atom stereocenters. The third kappa shape index (κ3) is 3.77. The minimum Gasteiger partial charge on any atom is -0.350 e. The average molecular weight is 186 g/mol. The second-order valence-corrected chi connectivity index (χ2v) is 3.77. The van der Waals surface area contributed by atoms with Crippen LogP contribution < -0.4 is 10.6 Å². The van der Waals surface area contributed by atoms with Crippen molar-refractivity contribution in [3.63, 3.8) is 0 Å². The molecule has 1 unspecified atom stereocenters. The lowest BCUT2D eigenvalue weighted by atomic mass is 9.95. The Hall–Kier alpha value is -0.570. The molecule has 0 heterocycles. The molecular weight excluding hydrogens is 164 g/mol. The molecule has 0 spiro atoms. The number of carbonyl (C=O) groups is 1. The molecule has 0 aromatic carbocycles. The molecule has 0 bridgehead atoms. The Balaban J connectivity index is 4.17. The van der Waals surface area contributed by atoms with Gasteiger partial charge in [-0.2, -0.15) is 0 Å². The van der Waals surface area contributed by atoms with Crippen molar-refractivity contribution >= 4 is 5.91 Å². The van der Waals surface area contributed by atoms with Gasteiger partial charge in [-0.05, 0) is 33.7 Å². The molecule has 0 aromatic heterocycles. The second-order valence-electron chi connectivity index (χ2n) is 3.77. The molecule has 0 saturated heterocycles. The summed E-state index contributed by atoms with van der Waals surface area (Å²) in [6.07, 6.45) is 1.93. The number of rotatable bonds is 5. The van der Waals surface area contributed by atoms with E-state index in [4.69, 9.17) is 0 Å². The third-order valence-corrected chi connectivity index (χ3v) is 2.81. The van der Waals surface area contributed by atoms with Crippen molar-refractivity contribution in [2.45, 2.75) is 52.1 Å². The Morgan fingerprint density at radius 1 is 1.38 bits per heavy atom. The lowest BCUT2D eigenvalue weighted by molar-refractivity contribution is -0.124. The zero-order chi connectivity index (χ0) is 10.5. The van der Waals surface area contributed by atoms with Gasteiger partial charge in [0.05, 0.1) is 6.04 Å². The van der Waals surface area contributed by atoms with Gasteiger partial charge in [-0.15, -0.1) is 0 Å². The highest BCUT2D eigenvalue weighted by Crippen LogP contribution is 2.13. The van der Waals surface area contributed by atoms with Gasteiger partial charge >= 0.3 is 0 Å². The van der Waals surface area contributed by atoms with Crippen LogP contribution in [0.2, 0.25) is 0 Å². The highest BCUT2D eigenvalue weighted by atomic mass is 16.2. The highest BCUT2D eigenvalue weighted by Gasteiger charge is 2.23. The van der Waals surface area contributed by atoms with E-state index >= 15 is 0 Å². The quantitative estimate of drug-likeness (QED) is 0.679. The van der Waals surface area contributed by atoms with Crippen molar-refractivity contribution in [3.05, 3.63) is 0 Å². The van der Waals surface area contributed by atoms with Crippen molar-refractivity contribution in [1.82, 2.24) is 10.6 Å². The van der Waals surface area contributed by atoms with Gasteiger partial charge in [-0.1, -0.05) is 13.8 Å². The normalized spacial score (nSPS) is 13.9. The first kappa shape index (κ1) is 12.4. The van der Waals surface area contributed by atoms with Gasteiger partial charge in [-0.25, -0.2) is 0 Å². The number of hydrogen-bond donors (Lipinski definition) is 2. The van der Waals surface area contributed by atoms with Crippen LogP contribution >= 0.6 is 0 Å². The summed E-state index contributed by atoms with van der Waals surface area (Å²) in [6, 6.07) is -0.113. The monoisotopic (exact) mass is 186 g/mol. The van der Waals surface area contributed by atoms with Crippen LogP contribution in [0.5, 0.6) is 0 Å². The van der Waals surface area contributed by atoms with Crippen LogP contribution in [-0.4, -0.2) is 24.5 Å². The van der Waals surface area contributed by atoms with Crippen LogP contribution in [0, 0.1) is 0 Å². The summed E-state index contributed by atoms with van der Waals surface area (Å²) >= 11 is 0. The maximum absolute atomic E-state index is 11.5. The van der Waals surface area contributed by atoms with Gasteiger partial charge in [0.2, 0.25) is 5.91 Å². The van der Waals surface area contributed by atoms with Crippen molar-refractivity contribution in [2.75, 3.05) is 7.05 Å². The van der Waals surface area contributed by atoms with Crippen LogP contribution in [0.4, 0.5) is 0 Å². The van der Waals surface area contributed by atoms with E-state index in [0.29, 0.717) is 0 Å². The molecule has 0 radical (unpaired) electrons. The molecule has 0 aromatic rings. The van der Waals surface area contributed by atoms with Crippen molar-refractivity contribution in [1.29, 1.82) is 0 Å². The zero-order valence-corrected chi connectivity index (χ0v) is 9.40. The number of amides is 1. The van der Waals surface area contributed by atoms with Crippen LogP contribution in [0.25, 0.3) is 0 Å². The molecule has 13 heavy (non-hydrogen) atoms. The summed E-state index contributed by atoms with van der Waals surface area (Å²) in [7, 11) is 1.79. The first-order chi connectivity index (χ1) is 5.99. The molecule has 1 amide bonds. The van der Waals surface area contributed by atoms with E-state index in [1.54, 1.807) is 7.05 Å². The van der Waals surface area contributed by atoms with Gasteiger partial charge in [0, 0.05) is 5.54 Å². The molecule has 3 heteroatoms. The zero-order valence-electron chi connectivity index (χ0n) is 9.40. The standard InChI is InChI=1S/C10H22N2O/c1-6-10(4,7-2)12-9(13)8(3)11-5/h8,11H,6-7H2,1-5H3,(H,12,13). The summed E-state index contributed by atoms with van der Waals surface area (Å²) in [5.41, 5.74) is -0.0534. The van der Waals surface area contributed by atoms with Crippen molar-refractivity contribution < 1.29 is 4.79 Å². The van der Waals surface area contributed by atoms with E-state index < -0.39 is 0 Å². The first-order valence-corrected chi connectivity index (χ1v) is 4.98. The molecule has 0 aliphatic rings. The number of hydrogen-bond acceptors (Lipinski definition) is 2. The van der Waals surface area contributed by atoms with E-state index in [9.17, 15) is 4.79 Å². The van der Waals surface area contributed by atoms with Crippen LogP contribution in [0.1, 0.15) is 40.5 Å². The van der Waals surface area contributed by atoms with E-state index in [2.05, 4.69) is 31.4 Å². The summed E-state index contributed by atoms with van der Waals surface area (Å²) in [4.78, 5) is 11.5. The van der Waals surface area contributed by atoms with Crippen LogP contribution in [0.3, 0.4) is 0 Å². The fraction of sp³-hybridized carbons (Fsp3) is 0.900. The van der Waals surface area contributed by atoms with Crippen molar-refractivity contribution in [2.24, 2.45) is 0 Å². The average Bonchev–Trinajstić information content (AvgIpc) is 2.16. The lowest BCUT2D eigenvalue weighted by Gasteiger charge is -2.29. The Labute approximate surface area is 81.3 Å². The Bertz CT molecular complexity index is 164. The van der Waals surface area contributed by atoms with Gasteiger partial charge < -0.3 is 10.6 Å². The number of nitrogens with one attached hydrogen (secondary N) is 2. The highest BCUT2D eigenvalue weighted by molar-refractivity contribution is 5.81. The number of likely N-dealkylation sites (N-methyl/N-ethyl adjacent to an activating group) is 1. The van der Waals surface area contributed by atoms with Gasteiger partial charge in [0.15, 0.2) is 0 Å². The minimum absolute atomic E-state index is 0.0534. The SMILES string of the molecule is CCC(C)(CC)NC(=O)C(C)NC. The summed E-state index contributed by atoms with van der Waals surface area (Å²) in [5.74, 6) is 0.0775. The topological polar surface area (TPSA) is 41.1 Å². The molecule has 2 N–H and O–H groups in total. The Morgan fingerprint density at radius 3 is 2.15 bits per heavy atom. The molecule has 0 fully saturated rings. The lowest BCUT2D eigenvalue weighted by Crippen LogP contribution is -2.51. The predicted octanol–water partition coefficient (Wildman–Crippen LogP) is 1.29. The van der Waals surface area contributed by atoms with E-state index in [1.165, 1.54) is 0 Å². The van der Waals surface area contributed by atoms with E-state index in [1.807, 2.05) is 6.92 Å². The minimum atomic E-state index is -0.113. The van der Waals surface area contributed by atoms with Crippen LogP contribution in [-0.2, 0) is 4.79 Å². The largest absolute Gasteiger partial charge is 0.350 e. The summed E-state index contributed by atoms with van der Waals surface area (Å²) in [6.45, 7) is 8.12. The fourth-order valence-corrected chi connectivity index (χ4v) is 0.964. The van der Waals surface area contributed by atoms with Crippen molar-refractivity contribution in [3.8, 4) is 0 Å². The maximum atomic E-state index is 11.5. The molecule has 3 nitrogen and oxygen atoms in total. The van der Waals surface area contributed by atoms with Gasteiger partial charge in [-0.3, -0.25) is 4.79 Å². The first-order valence-electron chi connectivity index (χ1n) is 4.98. The predicted molar refractivity (Wildman–Crippen MR) is 55.7 cm³/mol. The smallest absolute Gasteiger partial charge is 0.237 e. The molecular formula is C10H22N2O. The number of carbonyl (C=O) groups excluding carboxylic acids is 1. The fourth-order valence-electron chi connectivity index (χ4n) is 0.964. The molecule has 0 saturated carbocycles. The third-order valence-electron chi connectivity index (χ3n) is 2.81. The second kappa shape index (κ2) is 5.22. The molecule has 0 rings (SSSR count). The summed E-state index contributed by atoms with van der Waals surface area (Å²) in [5, 5.41) is 5.97. The Kier molecular flexibility index (Phi) is 4.99. The van der Waals surface area contributed by atoms with Gasteiger partial charge in [0.1, 0.15) is 0 Å². The van der Waals surface area contributed by atoms with Gasteiger partial charge in [0.25, 0.3) is 0 Å². The maximum Gasteiger partial charge on any atom is 0.237 e. The molecule has 0 aliphatic carbocycles. The summed E-state index contributed by atoms with van der Waals surface area (Å²) < 4.78 is 0. The molecule has 0 aliphatic heterocycles. The van der Waals surface area contributed by atoms with E-state index in [0.717, 1.165) is 12.8 Å².